The average molecular weight is 279 g/mol. The van der Waals surface area contributed by atoms with Gasteiger partial charge in [0.2, 0.25) is 0 Å². The average Bonchev–Trinajstić information content (AvgIpc) is 2.40. The number of benzene rings is 1. The van der Waals surface area contributed by atoms with E-state index in [0.717, 1.165) is 24.3 Å². The maximum absolute atomic E-state index is 10.6. The lowest BCUT2D eigenvalue weighted by molar-refractivity contribution is -0.136. The van der Waals surface area contributed by atoms with E-state index in [2.05, 4.69) is 32.7 Å². The highest BCUT2D eigenvalue weighted by Crippen LogP contribution is 2.16. The summed E-state index contributed by atoms with van der Waals surface area (Å²) in [6, 6.07) is 7.23. The zero-order valence-electron chi connectivity index (χ0n) is 12.8. The van der Waals surface area contributed by atoms with E-state index in [1.54, 1.807) is 12.1 Å². The Hall–Kier alpha value is -1.55. The number of rotatable bonds is 8. The molecule has 0 radical (unpaired) electrons. The van der Waals surface area contributed by atoms with Gasteiger partial charge < -0.3 is 9.84 Å². The number of likely N-dealkylation sites (N-methyl/N-ethyl adjacent to an activating group) is 1. The fourth-order valence-corrected chi connectivity index (χ4v) is 1.75. The molecule has 1 aromatic carbocycles. The highest BCUT2D eigenvalue weighted by atomic mass is 16.5. The second-order valence-corrected chi connectivity index (χ2v) is 5.65. The number of carboxylic acid groups (broad SMARTS) is 1. The molecule has 0 fully saturated rings. The summed E-state index contributed by atoms with van der Waals surface area (Å²) in [6.07, 6.45) is 1.14. The molecule has 1 rings (SSSR count). The number of nitrogens with zero attached hydrogens (tertiary/aromatic N) is 1. The predicted molar refractivity (Wildman–Crippen MR) is 80.3 cm³/mol. The minimum absolute atomic E-state index is 0.0493. The van der Waals surface area contributed by atoms with Crippen molar-refractivity contribution in [1.29, 1.82) is 0 Å². The third-order valence-corrected chi connectivity index (χ3v) is 3.87. The van der Waals surface area contributed by atoms with Gasteiger partial charge in [0.05, 0.1) is 6.42 Å². The Labute approximate surface area is 121 Å². The van der Waals surface area contributed by atoms with E-state index in [9.17, 15) is 4.79 Å². The lowest BCUT2D eigenvalue weighted by atomic mass is 10.0. The molecule has 4 heteroatoms. The molecule has 0 heterocycles. The summed E-state index contributed by atoms with van der Waals surface area (Å²) in [5.74, 6) is -0.0380. The van der Waals surface area contributed by atoms with Gasteiger partial charge >= 0.3 is 5.97 Å². The van der Waals surface area contributed by atoms with Crippen molar-refractivity contribution in [3.8, 4) is 5.75 Å². The Bertz CT molecular complexity index is 426. The van der Waals surface area contributed by atoms with Crippen molar-refractivity contribution in [2.75, 3.05) is 20.2 Å². The summed E-state index contributed by atoms with van der Waals surface area (Å²) >= 11 is 0. The van der Waals surface area contributed by atoms with Crippen LogP contribution in [0, 0.1) is 0 Å². The standard InChI is InChI=1S/C16H25NO3/c1-5-16(2,3)17(4)10-11-20-14-8-6-13(7-9-14)12-15(18)19/h6-9H,5,10-12H2,1-4H3,(H,18,19). The molecule has 0 atom stereocenters. The molecule has 20 heavy (non-hydrogen) atoms. The van der Waals surface area contributed by atoms with Crippen LogP contribution in [0.2, 0.25) is 0 Å². The molecule has 0 spiro atoms. The van der Waals surface area contributed by atoms with Crippen LogP contribution in [0.15, 0.2) is 24.3 Å². The molecule has 0 bridgehead atoms. The van der Waals surface area contributed by atoms with E-state index >= 15 is 0 Å². The maximum Gasteiger partial charge on any atom is 0.307 e. The molecule has 0 unspecified atom stereocenters. The van der Waals surface area contributed by atoms with Gasteiger partial charge in [-0.2, -0.15) is 0 Å². The van der Waals surface area contributed by atoms with Gasteiger partial charge in [-0.3, -0.25) is 9.69 Å². The first-order valence-corrected chi connectivity index (χ1v) is 7.00. The summed E-state index contributed by atoms with van der Waals surface area (Å²) in [5.41, 5.74) is 0.961. The second kappa shape index (κ2) is 7.29. The number of aliphatic carboxylic acids is 1. The second-order valence-electron chi connectivity index (χ2n) is 5.65. The van der Waals surface area contributed by atoms with E-state index in [0.29, 0.717) is 6.61 Å². The minimum atomic E-state index is -0.818. The summed E-state index contributed by atoms with van der Waals surface area (Å²) < 4.78 is 5.69. The van der Waals surface area contributed by atoms with Crippen LogP contribution in [0.4, 0.5) is 0 Å². The monoisotopic (exact) mass is 279 g/mol. The Morgan fingerprint density at radius 2 is 1.90 bits per heavy atom. The summed E-state index contributed by atoms with van der Waals surface area (Å²) in [7, 11) is 2.10. The lowest BCUT2D eigenvalue weighted by Crippen LogP contribution is -2.42. The lowest BCUT2D eigenvalue weighted by Gasteiger charge is -2.34. The molecular formula is C16H25NO3. The Morgan fingerprint density at radius 3 is 2.40 bits per heavy atom. The van der Waals surface area contributed by atoms with E-state index in [-0.39, 0.29) is 12.0 Å². The number of carbonyl (C=O) groups is 1. The van der Waals surface area contributed by atoms with Crippen molar-refractivity contribution in [1.82, 2.24) is 4.90 Å². The summed E-state index contributed by atoms with van der Waals surface area (Å²) in [6.45, 7) is 8.09. The highest BCUT2D eigenvalue weighted by molar-refractivity contribution is 5.70. The van der Waals surface area contributed by atoms with Crippen LogP contribution in [0.3, 0.4) is 0 Å². The molecular weight excluding hydrogens is 254 g/mol. The van der Waals surface area contributed by atoms with Crippen LogP contribution >= 0.6 is 0 Å². The molecule has 0 aliphatic rings. The quantitative estimate of drug-likeness (QED) is 0.795. The van der Waals surface area contributed by atoms with Gasteiger partial charge in [-0.05, 0) is 45.0 Å². The van der Waals surface area contributed by atoms with Crippen molar-refractivity contribution in [2.24, 2.45) is 0 Å². The van der Waals surface area contributed by atoms with Gasteiger partial charge in [-0.1, -0.05) is 19.1 Å². The molecule has 0 amide bonds. The first-order valence-electron chi connectivity index (χ1n) is 7.00. The zero-order chi connectivity index (χ0) is 15.2. The van der Waals surface area contributed by atoms with Crippen LogP contribution < -0.4 is 4.74 Å². The van der Waals surface area contributed by atoms with Gasteiger partial charge in [0.25, 0.3) is 0 Å². The molecule has 0 aromatic heterocycles. The Kier molecular flexibility index (Phi) is 6.02. The van der Waals surface area contributed by atoms with Gasteiger partial charge in [-0.15, -0.1) is 0 Å². The van der Waals surface area contributed by atoms with Crippen molar-refractivity contribution in [3.05, 3.63) is 29.8 Å². The van der Waals surface area contributed by atoms with Gasteiger partial charge in [0.1, 0.15) is 12.4 Å². The van der Waals surface area contributed by atoms with Crippen LogP contribution in [0.25, 0.3) is 0 Å². The molecule has 112 valence electrons. The van der Waals surface area contributed by atoms with Crippen LogP contribution in [0.5, 0.6) is 5.75 Å². The fourth-order valence-electron chi connectivity index (χ4n) is 1.75. The van der Waals surface area contributed by atoms with E-state index in [1.807, 2.05) is 12.1 Å². The van der Waals surface area contributed by atoms with Crippen molar-refractivity contribution in [3.63, 3.8) is 0 Å². The Balaban J connectivity index is 2.41. The zero-order valence-corrected chi connectivity index (χ0v) is 12.8. The number of carboxylic acids is 1. The van der Waals surface area contributed by atoms with Gasteiger partial charge in [0, 0.05) is 12.1 Å². The molecule has 1 aromatic rings. The van der Waals surface area contributed by atoms with Gasteiger partial charge in [0.15, 0.2) is 0 Å². The molecule has 0 saturated carbocycles. The third kappa shape index (κ3) is 5.21. The Morgan fingerprint density at radius 1 is 1.30 bits per heavy atom. The molecule has 4 nitrogen and oxygen atoms in total. The number of ether oxygens (including phenoxy) is 1. The van der Waals surface area contributed by atoms with Crippen LogP contribution in [-0.2, 0) is 11.2 Å². The molecule has 0 saturated heterocycles. The predicted octanol–water partition coefficient (Wildman–Crippen LogP) is 2.81. The number of hydrogen-bond acceptors (Lipinski definition) is 3. The first kappa shape index (κ1) is 16.5. The molecule has 0 aliphatic carbocycles. The highest BCUT2D eigenvalue weighted by Gasteiger charge is 2.20. The largest absolute Gasteiger partial charge is 0.492 e. The summed E-state index contributed by atoms with van der Waals surface area (Å²) in [4.78, 5) is 12.9. The number of hydrogen-bond donors (Lipinski definition) is 1. The smallest absolute Gasteiger partial charge is 0.307 e. The molecule has 1 N–H and O–H groups in total. The molecule has 0 aliphatic heterocycles. The first-order chi connectivity index (χ1) is 9.35. The van der Waals surface area contributed by atoms with E-state index in [1.165, 1.54) is 0 Å². The van der Waals surface area contributed by atoms with E-state index < -0.39 is 5.97 Å². The van der Waals surface area contributed by atoms with Crippen LogP contribution in [0.1, 0.15) is 32.8 Å². The minimum Gasteiger partial charge on any atom is -0.492 e. The summed E-state index contributed by atoms with van der Waals surface area (Å²) in [5, 5.41) is 8.70. The van der Waals surface area contributed by atoms with Crippen molar-refractivity contribution in [2.45, 2.75) is 39.2 Å². The van der Waals surface area contributed by atoms with Crippen LogP contribution in [-0.4, -0.2) is 41.7 Å². The van der Waals surface area contributed by atoms with Crippen molar-refractivity contribution < 1.29 is 14.6 Å². The normalized spacial score (nSPS) is 11.7. The topological polar surface area (TPSA) is 49.8 Å². The fraction of sp³-hybridized carbons (Fsp3) is 0.562. The van der Waals surface area contributed by atoms with Crippen molar-refractivity contribution >= 4 is 5.97 Å². The third-order valence-electron chi connectivity index (χ3n) is 3.87. The van der Waals surface area contributed by atoms with Gasteiger partial charge in [-0.25, -0.2) is 0 Å². The van der Waals surface area contributed by atoms with E-state index in [4.69, 9.17) is 9.84 Å². The maximum atomic E-state index is 10.6. The SMILES string of the molecule is CCC(C)(C)N(C)CCOc1ccc(CC(=O)O)cc1.